The summed E-state index contributed by atoms with van der Waals surface area (Å²) in [6, 6.07) is 7.78. The first-order chi connectivity index (χ1) is 10.2. The number of piperidine rings is 1. The van der Waals surface area contributed by atoms with Crippen LogP contribution in [0.5, 0.6) is 0 Å². The van der Waals surface area contributed by atoms with E-state index in [1.807, 2.05) is 24.3 Å². The lowest BCUT2D eigenvalue weighted by molar-refractivity contribution is -0.148. The lowest BCUT2D eigenvalue weighted by atomic mass is 9.80. The molecule has 1 aromatic carbocycles. The number of likely N-dealkylation sites (tertiary alicyclic amines) is 1. The number of alkyl halides is 1. The molecular weight excluding hydrogens is 309 g/mol. The van der Waals surface area contributed by atoms with Gasteiger partial charge in [-0.15, -0.1) is 11.6 Å². The van der Waals surface area contributed by atoms with Crippen molar-refractivity contribution in [1.82, 2.24) is 4.90 Å². The molecule has 0 amide bonds. The first kappa shape index (κ1) is 16.6. The van der Waals surface area contributed by atoms with E-state index in [-0.39, 0.29) is 17.8 Å². The Morgan fingerprint density at radius 1 is 1.38 bits per heavy atom. The predicted octanol–water partition coefficient (Wildman–Crippen LogP) is 3.55. The van der Waals surface area contributed by atoms with Crippen molar-refractivity contribution in [3.05, 3.63) is 34.9 Å². The van der Waals surface area contributed by atoms with Gasteiger partial charge < -0.3 is 9.64 Å². The Kier molecular flexibility index (Phi) is 6.34. The largest absolute Gasteiger partial charge is 0.469 e. The van der Waals surface area contributed by atoms with Crippen molar-refractivity contribution in [1.29, 1.82) is 0 Å². The standard InChI is InChI=1S/C16H21Cl2NO2/c1-21-16(20)15-11-19(9-2-8-17)10-7-14(15)12-3-5-13(18)6-4-12/h3-6,14-15H,2,7-11H2,1H3/t14?,15-/m0/s1. The third kappa shape index (κ3) is 4.35. The quantitative estimate of drug-likeness (QED) is 0.611. The van der Waals surface area contributed by atoms with Crippen LogP contribution in [0.1, 0.15) is 24.3 Å². The van der Waals surface area contributed by atoms with Gasteiger partial charge in [-0.2, -0.15) is 0 Å². The Balaban J connectivity index is 2.12. The molecule has 3 nitrogen and oxygen atoms in total. The summed E-state index contributed by atoms with van der Waals surface area (Å²) in [5, 5.41) is 0.716. The molecule has 1 fully saturated rings. The van der Waals surface area contributed by atoms with Crippen LogP contribution in [0, 0.1) is 5.92 Å². The van der Waals surface area contributed by atoms with Crippen molar-refractivity contribution in [2.75, 3.05) is 32.6 Å². The number of hydrogen-bond donors (Lipinski definition) is 0. The number of rotatable bonds is 5. The van der Waals surface area contributed by atoms with Gasteiger partial charge in [0.25, 0.3) is 0 Å². The highest BCUT2D eigenvalue weighted by molar-refractivity contribution is 6.30. The third-order valence-electron chi connectivity index (χ3n) is 4.11. The average molecular weight is 330 g/mol. The lowest BCUT2D eigenvalue weighted by Crippen LogP contribution is -2.43. The number of benzene rings is 1. The minimum Gasteiger partial charge on any atom is -0.469 e. The highest BCUT2D eigenvalue weighted by Gasteiger charge is 2.35. The topological polar surface area (TPSA) is 29.5 Å². The fourth-order valence-corrected chi connectivity index (χ4v) is 3.25. The van der Waals surface area contributed by atoms with Crippen molar-refractivity contribution in [2.45, 2.75) is 18.8 Å². The number of halogens is 2. The zero-order chi connectivity index (χ0) is 15.2. The van der Waals surface area contributed by atoms with Crippen LogP contribution >= 0.6 is 23.2 Å². The van der Waals surface area contributed by atoms with E-state index in [1.165, 1.54) is 7.11 Å². The average Bonchev–Trinajstić information content (AvgIpc) is 2.52. The zero-order valence-electron chi connectivity index (χ0n) is 12.2. The maximum absolute atomic E-state index is 12.1. The van der Waals surface area contributed by atoms with E-state index in [0.29, 0.717) is 10.9 Å². The number of methoxy groups -OCH3 is 1. The van der Waals surface area contributed by atoms with E-state index >= 15 is 0 Å². The molecule has 1 aliphatic heterocycles. The summed E-state index contributed by atoms with van der Waals surface area (Å²) in [5.74, 6) is 0.591. The number of ether oxygens (including phenoxy) is 1. The van der Waals surface area contributed by atoms with Gasteiger partial charge in [-0.3, -0.25) is 4.79 Å². The van der Waals surface area contributed by atoms with Gasteiger partial charge in [0.2, 0.25) is 0 Å². The summed E-state index contributed by atoms with van der Waals surface area (Å²) >= 11 is 11.7. The summed E-state index contributed by atoms with van der Waals surface area (Å²) in [5.41, 5.74) is 1.16. The summed E-state index contributed by atoms with van der Waals surface area (Å²) in [7, 11) is 1.46. The summed E-state index contributed by atoms with van der Waals surface area (Å²) < 4.78 is 5.00. The van der Waals surface area contributed by atoms with Gasteiger partial charge >= 0.3 is 5.97 Å². The van der Waals surface area contributed by atoms with Crippen LogP contribution < -0.4 is 0 Å². The molecule has 0 aliphatic carbocycles. The zero-order valence-corrected chi connectivity index (χ0v) is 13.7. The second-order valence-electron chi connectivity index (χ2n) is 5.42. The Labute approximate surface area is 136 Å². The van der Waals surface area contributed by atoms with Crippen LogP contribution in [0.3, 0.4) is 0 Å². The Hall–Kier alpha value is -0.770. The fourth-order valence-electron chi connectivity index (χ4n) is 3.01. The van der Waals surface area contributed by atoms with Crippen LogP contribution in [0.4, 0.5) is 0 Å². The molecule has 1 aliphatic rings. The smallest absolute Gasteiger partial charge is 0.310 e. The Bertz CT molecular complexity index is 464. The van der Waals surface area contributed by atoms with Crippen molar-refractivity contribution in [3.63, 3.8) is 0 Å². The van der Waals surface area contributed by atoms with Crippen LogP contribution in [-0.4, -0.2) is 43.5 Å². The molecule has 0 saturated carbocycles. The van der Waals surface area contributed by atoms with Crippen LogP contribution in [0.15, 0.2) is 24.3 Å². The van der Waals surface area contributed by atoms with E-state index in [1.54, 1.807) is 0 Å². The molecule has 2 rings (SSSR count). The highest BCUT2D eigenvalue weighted by Crippen LogP contribution is 2.34. The van der Waals surface area contributed by atoms with E-state index in [9.17, 15) is 4.79 Å². The van der Waals surface area contributed by atoms with Gasteiger partial charge in [-0.1, -0.05) is 23.7 Å². The number of hydrogen-bond acceptors (Lipinski definition) is 3. The lowest BCUT2D eigenvalue weighted by Gasteiger charge is -2.37. The second-order valence-corrected chi connectivity index (χ2v) is 6.23. The molecule has 1 saturated heterocycles. The van der Waals surface area contributed by atoms with Gasteiger partial charge in [0.1, 0.15) is 0 Å². The Morgan fingerprint density at radius 3 is 2.71 bits per heavy atom. The molecule has 0 spiro atoms. The van der Waals surface area contributed by atoms with Gasteiger partial charge in [-0.25, -0.2) is 0 Å². The molecule has 116 valence electrons. The minimum absolute atomic E-state index is 0.125. The first-order valence-electron chi connectivity index (χ1n) is 7.27. The molecule has 1 heterocycles. The van der Waals surface area contributed by atoms with Gasteiger partial charge in [0.05, 0.1) is 13.0 Å². The first-order valence-corrected chi connectivity index (χ1v) is 8.18. The van der Waals surface area contributed by atoms with Crippen molar-refractivity contribution in [2.24, 2.45) is 5.92 Å². The summed E-state index contributed by atoms with van der Waals surface area (Å²) in [6.45, 7) is 2.65. The van der Waals surface area contributed by atoms with Crippen LogP contribution in [0.2, 0.25) is 5.02 Å². The van der Waals surface area contributed by atoms with E-state index in [2.05, 4.69) is 4.90 Å². The normalized spacial score (nSPS) is 23.0. The predicted molar refractivity (Wildman–Crippen MR) is 86.1 cm³/mol. The molecule has 1 unspecified atom stereocenters. The maximum Gasteiger partial charge on any atom is 0.310 e. The van der Waals surface area contributed by atoms with E-state index in [0.717, 1.165) is 38.0 Å². The van der Waals surface area contributed by atoms with Crippen LogP contribution in [-0.2, 0) is 9.53 Å². The van der Waals surface area contributed by atoms with E-state index in [4.69, 9.17) is 27.9 Å². The van der Waals surface area contributed by atoms with E-state index < -0.39 is 0 Å². The Morgan fingerprint density at radius 2 is 2.10 bits per heavy atom. The number of nitrogens with zero attached hydrogens (tertiary/aromatic N) is 1. The van der Waals surface area contributed by atoms with Crippen molar-refractivity contribution < 1.29 is 9.53 Å². The molecule has 5 heteroatoms. The summed E-state index contributed by atoms with van der Waals surface area (Å²) in [4.78, 5) is 14.4. The minimum atomic E-state index is -0.134. The molecule has 0 radical (unpaired) electrons. The maximum atomic E-state index is 12.1. The van der Waals surface area contributed by atoms with Gasteiger partial charge in [0, 0.05) is 17.4 Å². The molecule has 21 heavy (non-hydrogen) atoms. The third-order valence-corrected chi connectivity index (χ3v) is 4.63. The second kappa shape index (κ2) is 8.02. The molecule has 1 aromatic rings. The number of carbonyl (C=O) groups is 1. The molecule has 2 atom stereocenters. The van der Waals surface area contributed by atoms with Gasteiger partial charge in [0.15, 0.2) is 0 Å². The molecule has 0 N–H and O–H groups in total. The van der Waals surface area contributed by atoms with Gasteiger partial charge in [-0.05, 0) is 49.5 Å². The SMILES string of the molecule is COC(=O)[C@H]1CN(CCCCl)CCC1c1ccc(Cl)cc1. The molecule has 0 bridgehead atoms. The monoisotopic (exact) mass is 329 g/mol. The fraction of sp³-hybridized carbons (Fsp3) is 0.562. The van der Waals surface area contributed by atoms with Crippen molar-refractivity contribution >= 4 is 29.2 Å². The molecular formula is C16H21Cl2NO2. The van der Waals surface area contributed by atoms with Crippen molar-refractivity contribution in [3.8, 4) is 0 Å². The number of esters is 1. The summed E-state index contributed by atoms with van der Waals surface area (Å²) in [6.07, 6.45) is 1.89. The molecule has 0 aromatic heterocycles. The number of carbonyl (C=O) groups excluding carboxylic acids is 1. The highest BCUT2D eigenvalue weighted by atomic mass is 35.5. The van der Waals surface area contributed by atoms with Crippen LogP contribution in [0.25, 0.3) is 0 Å².